The van der Waals surface area contributed by atoms with E-state index in [4.69, 9.17) is 5.11 Å². The third-order valence-corrected chi connectivity index (χ3v) is 5.48. The molecule has 0 spiro atoms. The van der Waals surface area contributed by atoms with E-state index < -0.39 is 28.3 Å². The van der Waals surface area contributed by atoms with Gasteiger partial charge in [0.15, 0.2) is 5.82 Å². The molecule has 2 rings (SSSR count). The monoisotopic (exact) mass is 383 g/mol. The van der Waals surface area contributed by atoms with Gasteiger partial charge in [0.25, 0.3) is 10.0 Å². The van der Waals surface area contributed by atoms with E-state index in [-0.39, 0.29) is 19.9 Å². The molecule has 2 N–H and O–H groups in total. The molecule has 1 aromatic carbocycles. The van der Waals surface area contributed by atoms with E-state index >= 15 is 0 Å². The zero-order valence-electron chi connectivity index (χ0n) is 9.73. The summed E-state index contributed by atoms with van der Waals surface area (Å²) in [5, 5.41) is 10.6. The molecule has 0 fully saturated rings. The van der Waals surface area contributed by atoms with Gasteiger partial charge >= 0.3 is 0 Å². The minimum atomic E-state index is -4.06. The smallest absolute Gasteiger partial charge is 0.263 e. The van der Waals surface area contributed by atoms with Crippen molar-refractivity contribution in [3.05, 3.63) is 44.6 Å². The van der Waals surface area contributed by atoms with Crippen LogP contribution in [0.15, 0.2) is 32.9 Å². The first-order valence-corrected chi connectivity index (χ1v) is 8.35. The minimum Gasteiger partial charge on any atom is -0.391 e. The summed E-state index contributed by atoms with van der Waals surface area (Å²) in [5.74, 6) is -1.87. The predicted octanol–water partition coefficient (Wildman–Crippen LogP) is 3.08. The molecular weight excluding hydrogens is 376 g/mol. The van der Waals surface area contributed by atoms with Crippen molar-refractivity contribution < 1.29 is 22.3 Å². The molecule has 1 heterocycles. The molecule has 0 amide bonds. The van der Waals surface area contributed by atoms with E-state index in [0.717, 1.165) is 17.4 Å². The van der Waals surface area contributed by atoms with E-state index in [1.807, 2.05) is 4.72 Å². The highest BCUT2D eigenvalue weighted by Gasteiger charge is 2.22. The number of halogens is 3. The van der Waals surface area contributed by atoms with Crippen LogP contribution in [0.5, 0.6) is 0 Å². The fourth-order valence-electron chi connectivity index (χ4n) is 1.51. The maximum Gasteiger partial charge on any atom is 0.263 e. The number of nitrogens with one attached hydrogen (secondary N) is 1. The van der Waals surface area contributed by atoms with Gasteiger partial charge in [-0.05, 0) is 33.4 Å². The Morgan fingerprint density at radius 3 is 2.65 bits per heavy atom. The number of aliphatic hydroxyl groups excluding tert-OH is 1. The molecule has 4 nitrogen and oxygen atoms in total. The molecular formula is C11H8BrF2NO3S2. The summed E-state index contributed by atoms with van der Waals surface area (Å²) >= 11 is 3.96. The van der Waals surface area contributed by atoms with Gasteiger partial charge in [-0.1, -0.05) is 0 Å². The van der Waals surface area contributed by atoms with Crippen molar-refractivity contribution in [3.63, 3.8) is 0 Å². The SMILES string of the molecule is O=S(=O)(Nc1c(F)cc(F)cc1Br)c1ccsc1CO. The van der Waals surface area contributed by atoms with Crippen LogP contribution >= 0.6 is 27.3 Å². The lowest BCUT2D eigenvalue weighted by molar-refractivity contribution is 0.282. The van der Waals surface area contributed by atoms with E-state index in [1.165, 1.54) is 11.4 Å². The molecule has 0 aliphatic heterocycles. The molecule has 0 saturated heterocycles. The average Bonchev–Trinajstić information content (AvgIpc) is 2.83. The van der Waals surface area contributed by atoms with Gasteiger partial charge in [0.1, 0.15) is 10.7 Å². The summed E-state index contributed by atoms with van der Waals surface area (Å²) in [6.45, 7) is -0.443. The maximum absolute atomic E-state index is 13.6. The van der Waals surface area contributed by atoms with E-state index in [2.05, 4.69) is 15.9 Å². The lowest BCUT2D eigenvalue weighted by Gasteiger charge is -2.11. The fraction of sp³-hybridized carbons (Fsp3) is 0.0909. The van der Waals surface area contributed by atoms with Gasteiger partial charge in [0.2, 0.25) is 0 Å². The fourth-order valence-corrected chi connectivity index (χ4v) is 4.54. The molecule has 0 atom stereocenters. The highest BCUT2D eigenvalue weighted by atomic mass is 79.9. The normalized spacial score (nSPS) is 11.6. The lowest BCUT2D eigenvalue weighted by Crippen LogP contribution is -2.15. The third kappa shape index (κ3) is 3.00. The zero-order chi connectivity index (χ0) is 14.9. The number of anilines is 1. The second kappa shape index (κ2) is 5.76. The molecule has 0 aliphatic rings. The number of hydrogen-bond acceptors (Lipinski definition) is 4. The molecule has 0 unspecified atom stereocenters. The van der Waals surface area contributed by atoms with Gasteiger partial charge in [-0.25, -0.2) is 17.2 Å². The van der Waals surface area contributed by atoms with Gasteiger partial charge < -0.3 is 5.11 Å². The molecule has 20 heavy (non-hydrogen) atoms. The molecule has 2 aromatic rings. The topological polar surface area (TPSA) is 66.4 Å². The highest BCUT2D eigenvalue weighted by Crippen LogP contribution is 2.30. The number of rotatable bonds is 4. The number of hydrogen-bond donors (Lipinski definition) is 2. The minimum absolute atomic E-state index is 0.0562. The van der Waals surface area contributed by atoms with Crippen LogP contribution in [0.4, 0.5) is 14.5 Å². The van der Waals surface area contributed by atoms with Crippen LogP contribution in [0, 0.1) is 11.6 Å². The Morgan fingerprint density at radius 2 is 2.05 bits per heavy atom. The summed E-state index contributed by atoms with van der Waals surface area (Å²) in [5.41, 5.74) is -0.388. The Kier molecular flexibility index (Phi) is 4.43. The molecule has 0 bridgehead atoms. The molecule has 108 valence electrons. The van der Waals surface area contributed by atoms with Crippen molar-refractivity contribution in [3.8, 4) is 0 Å². The Balaban J connectivity index is 2.44. The summed E-state index contributed by atoms with van der Waals surface area (Å²) in [6.07, 6.45) is 0. The van der Waals surface area contributed by atoms with Crippen LogP contribution < -0.4 is 4.72 Å². The number of benzene rings is 1. The van der Waals surface area contributed by atoms with Crippen molar-refractivity contribution in [1.29, 1.82) is 0 Å². The standard InChI is InChI=1S/C11H8BrF2NO3S2/c12-7-3-6(13)4-8(14)11(7)15-20(17,18)10-1-2-19-9(10)5-16/h1-4,15-16H,5H2. The van der Waals surface area contributed by atoms with Gasteiger partial charge in [-0.3, -0.25) is 4.72 Å². The Hall–Kier alpha value is -1.03. The summed E-state index contributed by atoms with van der Waals surface area (Å²) in [7, 11) is -4.06. The van der Waals surface area contributed by atoms with E-state index in [1.54, 1.807) is 0 Å². The van der Waals surface area contributed by atoms with Crippen molar-refractivity contribution in [2.45, 2.75) is 11.5 Å². The average molecular weight is 384 g/mol. The van der Waals surface area contributed by atoms with Gasteiger partial charge in [-0.2, -0.15) is 0 Å². The first-order chi connectivity index (χ1) is 9.35. The number of thiophene rings is 1. The van der Waals surface area contributed by atoms with Crippen LogP contribution in [-0.4, -0.2) is 13.5 Å². The summed E-state index contributed by atoms with van der Waals surface area (Å²) in [4.78, 5) is 0.0942. The van der Waals surface area contributed by atoms with Crippen LogP contribution in [0.3, 0.4) is 0 Å². The predicted molar refractivity (Wildman–Crippen MR) is 75.1 cm³/mol. The quantitative estimate of drug-likeness (QED) is 0.852. The molecule has 0 radical (unpaired) electrons. The van der Waals surface area contributed by atoms with Crippen molar-refractivity contribution >= 4 is 43.0 Å². The van der Waals surface area contributed by atoms with Gasteiger partial charge in [-0.15, -0.1) is 11.3 Å². The van der Waals surface area contributed by atoms with Crippen LogP contribution in [0.25, 0.3) is 0 Å². The Bertz CT molecular complexity index is 723. The van der Waals surface area contributed by atoms with Gasteiger partial charge in [0.05, 0.1) is 17.2 Å². The Morgan fingerprint density at radius 1 is 1.35 bits per heavy atom. The zero-order valence-corrected chi connectivity index (χ0v) is 12.9. The van der Waals surface area contributed by atoms with Crippen LogP contribution in [0.2, 0.25) is 0 Å². The number of aliphatic hydroxyl groups is 1. The summed E-state index contributed by atoms with van der Waals surface area (Å²) < 4.78 is 52.8. The van der Waals surface area contributed by atoms with Gasteiger partial charge in [0, 0.05) is 10.5 Å². The Labute approximate surface area is 126 Å². The molecule has 1 aromatic heterocycles. The number of sulfonamides is 1. The lowest BCUT2D eigenvalue weighted by atomic mass is 10.3. The highest BCUT2D eigenvalue weighted by molar-refractivity contribution is 9.10. The second-order valence-corrected chi connectivity index (χ2v) is 7.22. The molecule has 9 heteroatoms. The van der Waals surface area contributed by atoms with Crippen LogP contribution in [0.1, 0.15) is 4.88 Å². The van der Waals surface area contributed by atoms with Crippen molar-refractivity contribution in [2.24, 2.45) is 0 Å². The van der Waals surface area contributed by atoms with E-state index in [9.17, 15) is 17.2 Å². The maximum atomic E-state index is 13.6. The first-order valence-electron chi connectivity index (χ1n) is 5.19. The summed E-state index contributed by atoms with van der Waals surface area (Å²) in [6, 6.07) is 2.82. The molecule has 0 saturated carbocycles. The third-order valence-electron chi connectivity index (χ3n) is 2.38. The van der Waals surface area contributed by atoms with Crippen LogP contribution in [-0.2, 0) is 16.6 Å². The van der Waals surface area contributed by atoms with Crippen molar-refractivity contribution in [1.82, 2.24) is 0 Å². The molecule has 0 aliphatic carbocycles. The first kappa shape index (κ1) is 15.4. The van der Waals surface area contributed by atoms with Crippen molar-refractivity contribution in [2.75, 3.05) is 4.72 Å². The van der Waals surface area contributed by atoms with E-state index in [0.29, 0.717) is 6.07 Å². The second-order valence-electron chi connectivity index (χ2n) is 3.72. The largest absolute Gasteiger partial charge is 0.391 e.